The third-order valence-corrected chi connectivity index (χ3v) is 5.90. The highest BCUT2D eigenvalue weighted by Crippen LogP contribution is 2.32. The number of sulfone groups is 1. The zero-order valence-corrected chi connectivity index (χ0v) is 19.6. The molecule has 0 fully saturated rings. The molecule has 0 bridgehead atoms. The van der Waals surface area contributed by atoms with Crippen LogP contribution in [0.15, 0.2) is 41.8 Å². The van der Waals surface area contributed by atoms with E-state index in [2.05, 4.69) is 25.4 Å². The highest BCUT2D eigenvalue weighted by atomic mass is 35.5. The fourth-order valence-corrected chi connectivity index (χ4v) is 3.74. The zero-order chi connectivity index (χ0) is 25.5. The maximum absolute atomic E-state index is 12.9. The first kappa shape index (κ1) is 28.3. The van der Waals surface area contributed by atoms with Crippen molar-refractivity contribution in [1.82, 2.24) is 30.0 Å². The summed E-state index contributed by atoms with van der Waals surface area (Å²) >= 11 is 5.70. The number of hydrogen-bond donors (Lipinski definition) is 1. The number of nitrogens with zero attached hydrogens (tertiary/aromatic N) is 5. The number of amides is 1. The van der Waals surface area contributed by atoms with Crippen LogP contribution in [0.2, 0.25) is 5.02 Å². The predicted octanol–water partition coefficient (Wildman–Crippen LogP) is 3.63. The predicted molar refractivity (Wildman–Crippen MR) is 113 cm³/mol. The van der Waals surface area contributed by atoms with Crippen molar-refractivity contribution in [3.05, 3.63) is 58.9 Å². The van der Waals surface area contributed by atoms with Crippen LogP contribution in [-0.4, -0.2) is 44.6 Å². The SMILES string of the molecule is C[C@@H](NC(=O)c1cc(Cl)cc(S(=O)(=O)C(F)(F)F)c1)c1ncnn1-c1ncc(C(F)(F)F)cn1.S. The van der Waals surface area contributed by atoms with Crippen LogP contribution in [0.1, 0.15) is 34.7 Å². The van der Waals surface area contributed by atoms with Gasteiger partial charge in [-0.05, 0) is 25.1 Å². The molecule has 0 aliphatic heterocycles. The number of carbonyl (C=O) groups excluding carboxylic acids is 1. The Hall–Kier alpha value is -2.92. The smallest absolute Gasteiger partial charge is 0.342 e. The molecule has 35 heavy (non-hydrogen) atoms. The Balaban J connectivity index is 0.00000432. The van der Waals surface area contributed by atoms with Gasteiger partial charge in [0.1, 0.15) is 6.33 Å². The van der Waals surface area contributed by atoms with E-state index in [9.17, 15) is 39.6 Å². The normalized spacial score (nSPS) is 13.1. The van der Waals surface area contributed by atoms with Gasteiger partial charge in [0.25, 0.3) is 21.7 Å². The molecule has 3 aromatic rings. The number of alkyl halides is 6. The molecule has 18 heteroatoms. The van der Waals surface area contributed by atoms with Gasteiger partial charge in [-0.1, -0.05) is 11.6 Å². The lowest BCUT2D eigenvalue weighted by molar-refractivity contribution is -0.138. The van der Waals surface area contributed by atoms with Crippen LogP contribution in [0.4, 0.5) is 26.3 Å². The molecule has 0 saturated carbocycles. The molecule has 0 unspecified atom stereocenters. The summed E-state index contributed by atoms with van der Waals surface area (Å²) in [6, 6.07) is 0.967. The molecular weight excluding hydrogens is 550 g/mol. The molecule has 1 aromatic carbocycles. The van der Waals surface area contributed by atoms with Crippen LogP contribution in [0, 0.1) is 0 Å². The summed E-state index contributed by atoms with van der Waals surface area (Å²) in [6.45, 7) is 1.38. The van der Waals surface area contributed by atoms with E-state index in [1.54, 1.807) is 0 Å². The number of rotatable bonds is 5. The van der Waals surface area contributed by atoms with Gasteiger partial charge >= 0.3 is 11.7 Å². The second-order valence-corrected chi connectivity index (χ2v) is 9.00. The van der Waals surface area contributed by atoms with Gasteiger partial charge in [-0.2, -0.15) is 49.6 Å². The van der Waals surface area contributed by atoms with Crippen molar-refractivity contribution in [1.29, 1.82) is 0 Å². The van der Waals surface area contributed by atoms with Gasteiger partial charge < -0.3 is 5.32 Å². The van der Waals surface area contributed by atoms with Crippen molar-refractivity contribution in [2.75, 3.05) is 0 Å². The third-order valence-electron chi connectivity index (χ3n) is 4.21. The molecule has 2 heterocycles. The minimum atomic E-state index is -5.77. The molecular formula is C17H13ClF6N6O3S2. The van der Waals surface area contributed by atoms with E-state index in [0.29, 0.717) is 24.5 Å². The molecule has 0 radical (unpaired) electrons. The Kier molecular flexibility index (Phi) is 8.08. The van der Waals surface area contributed by atoms with Gasteiger partial charge in [-0.3, -0.25) is 4.79 Å². The minimum Gasteiger partial charge on any atom is -0.342 e. The molecule has 190 valence electrons. The lowest BCUT2D eigenvalue weighted by Gasteiger charge is -2.15. The molecule has 0 spiro atoms. The van der Waals surface area contributed by atoms with E-state index in [0.717, 1.165) is 17.1 Å². The first-order valence-electron chi connectivity index (χ1n) is 8.83. The topological polar surface area (TPSA) is 120 Å². The van der Waals surface area contributed by atoms with E-state index < -0.39 is 54.5 Å². The molecule has 1 amide bonds. The van der Waals surface area contributed by atoms with Crippen molar-refractivity contribution in [3.8, 4) is 5.95 Å². The number of carbonyl (C=O) groups is 1. The van der Waals surface area contributed by atoms with Crippen LogP contribution in [0.3, 0.4) is 0 Å². The van der Waals surface area contributed by atoms with Crippen molar-refractivity contribution in [2.24, 2.45) is 0 Å². The summed E-state index contributed by atoms with van der Waals surface area (Å²) in [7, 11) is -5.77. The number of nitrogens with one attached hydrogen (secondary N) is 1. The summed E-state index contributed by atoms with van der Waals surface area (Å²) in [6.07, 6.45) is -2.62. The van der Waals surface area contributed by atoms with Crippen molar-refractivity contribution in [2.45, 2.75) is 29.5 Å². The summed E-state index contributed by atoms with van der Waals surface area (Å²) in [5.74, 6) is -1.36. The van der Waals surface area contributed by atoms with Gasteiger partial charge in [0.2, 0.25) is 0 Å². The second kappa shape index (κ2) is 9.98. The highest BCUT2D eigenvalue weighted by molar-refractivity contribution is 7.92. The van der Waals surface area contributed by atoms with Crippen LogP contribution >= 0.6 is 25.1 Å². The second-order valence-electron chi connectivity index (χ2n) is 6.62. The van der Waals surface area contributed by atoms with Crippen LogP contribution < -0.4 is 5.32 Å². The monoisotopic (exact) mass is 562 g/mol. The Morgan fingerprint density at radius 2 is 1.66 bits per heavy atom. The van der Waals surface area contributed by atoms with E-state index in [-0.39, 0.29) is 25.3 Å². The molecule has 9 nitrogen and oxygen atoms in total. The number of aromatic nitrogens is 5. The molecule has 0 aliphatic rings. The molecule has 2 aromatic heterocycles. The van der Waals surface area contributed by atoms with Crippen molar-refractivity contribution < 1.29 is 39.6 Å². The first-order valence-corrected chi connectivity index (χ1v) is 10.7. The van der Waals surface area contributed by atoms with Crippen molar-refractivity contribution >= 4 is 40.8 Å². The lowest BCUT2D eigenvalue weighted by Crippen LogP contribution is -2.29. The molecule has 1 atom stereocenters. The van der Waals surface area contributed by atoms with Gasteiger partial charge in [-0.15, -0.1) is 0 Å². The zero-order valence-electron chi connectivity index (χ0n) is 17.1. The first-order chi connectivity index (χ1) is 15.6. The largest absolute Gasteiger partial charge is 0.501 e. The number of halogens is 7. The van der Waals surface area contributed by atoms with E-state index in [1.165, 1.54) is 6.92 Å². The van der Waals surface area contributed by atoms with Gasteiger partial charge in [0.15, 0.2) is 5.82 Å². The Morgan fingerprint density at radius 1 is 1.06 bits per heavy atom. The molecule has 0 aliphatic carbocycles. The standard InChI is InChI=1S/C17H11ClF6N6O3S.H2S/c1-8(13-27-7-28-30(13)15-25-5-10(6-26-15)16(19,20)21)29-14(31)9-2-11(18)4-12(3-9)34(32,33)17(22,23)24;/h2-8H,1H3,(H,29,31);1H2/t8-;/m1./s1. The van der Waals surface area contributed by atoms with Gasteiger partial charge in [-0.25, -0.2) is 23.4 Å². The van der Waals surface area contributed by atoms with E-state index in [4.69, 9.17) is 11.6 Å². The summed E-state index contributed by atoms with van der Waals surface area (Å²) < 4.78 is 101. The maximum Gasteiger partial charge on any atom is 0.501 e. The van der Waals surface area contributed by atoms with E-state index >= 15 is 0 Å². The lowest BCUT2D eigenvalue weighted by atomic mass is 10.2. The molecule has 3 rings (SSSR count). The average molecular weight is 563 g/mol. The van der Waals surface area contributed by atoms with Crippen LogP contribution in [0.25, 0.3) is 5.95 Å². The molecule has 1 N–H and O–H groups in total. The maximum atomic E-state index is 12.9. The fraction of sp³-hybridized carbons (Fsp3) is 0.235. The Bertz CT molecular complexity index is 1330. The van der Waals surface area contributed by atoms with Crippen molar-refractivity contribution in [3.63, 3.8) is 0 Å². The summed E-state index contributed by atoms with van der Waals surface area (Å²) in [5.41, 5.74) is -7.22. The molecule has 0 saturated heterocycles. The average Bonchev–Trinajstić information content (AvgIpc) is 3.22. The highest BCUT2D eigenvalue weighted by Gasteiger charge is 2.47. The number of hydrogen-bond acceptors (Lipinski definition) is 7. The Morgan fingerprint density at radius 3 is 2.20 bits per heavy atom. The fourth-order valence-electron chi connectivity index (χ4n) is 2.60. The van der Waals surface area contributed by atoms with Crippen LogP contribution in [-0.2, 0) is 16.0 Å². The quantitative estimate of drug-likeness (QED) is 0.472. The van der Waals surface area contributed by atoms with E-state index in [1.807, 2.05) is 0 Å². The third kappa shape index (κ3) is 6.02. The Labute approximate surface area is 204 Å². The summed E-state index contributed by atoms with van der Waals surface area (Å²) in [5, 5.41) is 5.71. The van der Waals surface area contributed by atoms with Gasteiger partial charge in [0, 0.05) is 23.0 Å². The summed E-state index contributed by atoms with van der Waals surface area (Å²) in [4.78, 5) is 22.4. The number of benzene rings is 1. The van der Waals surface area contributed by atoms with Crippen LogP contribution in [0.5, 0.6) is 0 Å². The van der Waals surface area contributed by atoms with Gasteiger partial charge in [0.05, 0.1) is 16.5 Å². The minimum absolute atomic E-state index is 0.